The number of hydrogen-bond donors (Lipinski definition) is 2. The number of nitrogens with one attached hydrogen (secondary N) is 2. The molecule has 0 bridgehead atoms. The minimum Gasteiger partial charge on any atom is -0.345 e. The maximum Gasteiger partial charge on any atom is 0.252 e. The number of rotatable bonds is 8. The van der Waals surface area contributed by atoms with Gasteiger partial charge in [-0.2, -0.15) is 0 Å². The number of carbonyl (C=O) groups is 2. The molecule has 3 aromatic rings. The first-order valence-corrected chi connectivity index (χ1v) is 11.7. The van der Waals surface area contributed by atoms with Crippen molar-refractivity contribution in [3.63, 3.8) is 0 Å². The van der Waals surface area contributed by atoms with Gasteiger partial charge in [-0.15, -0.1) is 10.2 Å². The van der Waals surface area contributed by atoms with Crippen molar-refractivity contribution in [1.29, 1.82) is 0 Å². The Morgan fingerprint density at radius 3 is 2.52 bits per heavy atom. The topological polar surface area (TPSA) is 88.9 Å². The first-order valence-electron chi connectivity index (χ1n) is 9.21. The number of aromatic nitrogens is 3. The average Bonchev–Trinajstić information content (AvgIpc) is 3.12. The molecule has 0 unspecified atom stereocenters. The summed E-state index contributed by atoms with van der Waals surface area (Å²) in [5.74, 6) is 0.295. The number of halogens is 3. The number of carbonyl (C=O) groups excluding carboxylic acids is 2. The standard InChI is InChI=1S/C20H18BrCl2N5O2S/c1-2-28-17(10-24-19(30)15-5-3-4-6-16(15)21)26-27-20(28)31-11-18(29)25-14-8-12(22)7-13(23)9-14/h3-9H,2,10-11H2,1H3,(H,24,30)(H,25,29). The monoisotopic (exact) mass is 541 g/mol. The number of thioether (sulfide) groups is 1. The average molecular weight is 543 g/mol. The van der Waals surface area contributed by atoms with Crippen LogP contribution in [-0.4, -0.2) is 32.3 Å². The van der Waals surface area contributed by atoms with Crippen molar-refractivity contribution in [1.82, 2.24) is 20.1 Å². The summed E-state index contributed by atoms with van der Waals surface area (Å²) >= 11 is 16.5. The van der Waals surface area contributed by atoms with Gasteiger partial charge in [0.2, 0.25) is 5.91 Å². The summed E-state index contributed by atoms with van der Waals surface area (Å²) in [6.07, 6.45) is 0. The summed E-state index contributed by atoms with van der Waals surface area (Å²) in [6.45, 7) is 2.76. The van der Waals surface area contributed by atoms with Gasteiger partial charge in [0.05, 0.1) is 17.9 Å². The molecule has 0 aliphatic carbocycles. The molecule has 31 heavy (non-hydrogen) atoms. The molecule has 0 fully saturated rings. The zero-order chi connectivity index (χ0) is 22.4. The van der Waals surface area contributed by atoms with E-state index in [-0.39, 0.29) is 24.1 Å². The van der Waals surface area contributed by atoms with E-state index in [1.54, 1.807) is 36.4 Å². The van der Waals surface area contributed by atoms with Crippen molar-refractivity contribution >= 4 is 68.4 Å². The highest BCUT2D eigenvalue weighted by atomic mass is 79.9. The first kappa shape index (κ1) is 23.6. The highest BCUT2D eigenvalue weighted by molar-refractivity contribution is 9.10. The number of benzene rings is 2. The van der Waals surface area contributed by atoms with E-state index in [0.29, 0.717) is 43.3 Å². The Bertz CT molecular complexity index is 1090. The largest absolute Gasteiger partial charge is 0.345 e. The van der Waals surface area contributed by atoms with Crippen LogP contribution in [0.25, 0.3) is 0 Å². The second-order valence-electron chi connectivity index (χ2n) is 6.30. The van der Waals surface area contributed by atoms with Gasteiger partial charge >= 0.3 is 0 Å². The fourth-order valence-electron chi connectivity index (χ4n) is 2.73. The summed E-state index contributed by atoms with van der Waals surface area (Å²) in [5, 5.41) is 15.4. The van der Waals surface area contributed by atoms with E-state index in [0.717, 1.165) is 0 Å². The normalized spacial score (nSPS) is 10.7. The van der Waals surface area contributed by atoms with Gasteiger partial charge in [-0.1, -0.05) is 47.1 Å². The smallest absolute Gasteiger partial charge is 0.252 e. The van der Waals surface area contributed by atoms with Gasteiger partial charge in [-0.3, -0.25) is 9.59 Å². The molecule has 0 aliphatic heterocycles. The number of amides is 2. The van der Waals surface area contributed by atoms with Crippen molar-refractivity contribution < 1.29 is 9.59 Å². The Balaban J connectivity index is 1.58. The van der Waals surface area contributed by atoms with E-state index in [2.05, 4.69) is 36.8 Å². The van der Waals surface area contributed by atoms with E-state index in [1.807, 2.05) is 17.6 Å². The van der Waals surface area contributed by atoms with Gasteiger partial charge in [-0.05, 0) is 53.2 Å². The predicted octanol–water partition coefficient (Wildman–Crippen LogP) is 5.03. The Morgan fingerprint density at radius 1 is 1.13 bits per heavy atom. The van der Waals surface area contributed by atoms with Crippen molar-refractivity contribution in [2.24, 2.45) is 0 Å². The lowest BCUT2D eigenvalue weighted by molar-refractivity contribution is -0.113. The molecule has 0 atom stereocenters. The SMILES string of the molecule is CCn1c(CNC(=O)c2ccccc2Br)nnc1SCC(=O)Nc1cc(Cl)cc(Cl)c1. The van der Waals surface area contributed by atoms with E-state index >= 15 is 0 Å². The van der Waals surface area contributed by atoms with Crippen molar-refractivity contribution in [3.8, 4) is 0 Å². The zero-order valence-electron chi connectivity index (χ0n) is 16.4. The summed E-state index contributed by atoms with van der Waals surface area (Å²) < 4.78 is 2.57. The fourth-order valence-corrected chi connectivity index (χ4v) is 4.54. The summed E-state index contributed by atoms with van der Waals surface area (Å²) in [5.41, 5.74) is 1.06. The van der Waals surface area contributed by atoms with Gasteiger partial charge < -0.3 is 15.2 Å². The van der Waals surface area contributed by atoms with E-state index < -0.39 is 0 Å². The minimum absolute atomic E-state index is 0.131. The van der Waals surface area contributed by atoms with Crippen LogP contribution in [0.4, 0.5) is 5.69 Å². The van der Waals surface area contributed by atoms with Gasteiger partial charge in [0, 0.05) is 26.8 Å². The molecule has 162 valence electrons. The van der Waals surface area contributed by atoms with Crippen LogP contribution in [0.5, 0.6) is 0 Å². The summed E-state index contributed by atoms with van der Waals surface area (Å²) in [4.78, 5) is 24.7. The lowest BCUT2D eigenvalue weighted by atomic mass is 10.2. The molecule has 0 spiro atoms. The van der Waals surface area contributed by atoms with Crippen molar-refractivity contribution in [2.45, 2.75) is 25.2 Å². The molecule has 2 N–H and O–H groups in total. The molecular weight excluding hydrogens is 525 g/mol. The second kappa shape index (κ2) is 11.0. The minimum atomic E-state index is -0.224. The Labute approximate surface area is 202 Å². The first-order chi connectivity index (χ1) is 14.9. The van der Waals surface area contributed by atoms with Crippen molar-refractivity contribution in [3.05, 3.63) is 68.4 Å². The van der Waals surface area contributed by atoms with Gasteiger partial charge in [0.25, 0.3) is 5.91 Å². The molecule has 0 aliphatic rings. The van der Waals surface area contributed by atoms with Gasteiger partial charge in [-0.25, -0.2) is 0 Å². The quantitative estimate of drug-likeness (QED) is 0.390. The molecule has 11 heteroatoms. The Morgan fingerprint density at radius 2 is 1.84 bits per heavy atom. The lowest BCUT2D eigenvalue weighted by Crippen LogP contribution is -2.25. The van der Waals surface area contributed by atoms with Crippen LogP contribution in [0.3, 0.4) is 0 Å². The maximum atomic E-state index is 12.4. The molecule has 3 rings (SSSR count). The van der Waals surface area contributed by atoms with Crippen LogP contribution >= 0.6 is 50.9 Å². The maximum absolute atomic E-state index is 12.4. The van der Waals surface area contributed by atoms with Crippen LogP contribution in [0.1, 0.15) is 23.1 Å². The number of nitrogens with zero attached hydrogens (tertiary/aromatic N) is 3. The zero-order valence-corrected chi connectivity index (χ0v) is 20.3. The van der Waals surface area contributed by atoms with Crippen LogP contribution in [0.15, 0.2) is 52.1 Å². The molecule has 2 amide bonds. The molecular formula is C20H18BrCl2N5O2S. The Kier molecular flexibility index (Phi) is 8.36. The second-order valence-corrected chi connectivity index (χ2v) is 8.97. The molecule has 0 saturated heterocycles. The number of anilines is 1. The van der Waals surface area contributed by atoms with Gasteiger partial charge in [0.15, 0.2) is 11.0 Å². The molecule has 0 saturated carbocycles. The lowest BCUT2D eigenvalue weighted by Gasteiger charge is -2.09. The summed E-state index contributed by atoms with van der Waals surface area (Å²) in [6, 6.07) is 12.0. The Hall–Kier alpha value is -2.07. The van der Waals surface area contributed by atoms with Crippen LogP contribution in [-0.2, 0) is 17.9 Å². The highest BCUT2D eigenvalue weighted by Gasteiger charge is 2.15. The molecule has 7 nitrogen and oxygen atoms in total. The van der Waals surface area contributed by atoms with Gasteiger partial charge in [0.1, 0.15) is 0 Å². The third kappa shape index (κ3) is 6.46. The van der Waals surface area contributed by atoms with Crippen LogP contribution < -0.4 is 10.6 Å². The van der Waals surface area contributed by atoms with Crippen LogP contribution in [0, 0.1) is 0 Å². The molecule has 0 radical (unpaired) electrons. The third-order valence-corrected chi connectivity index (χ3v) is 6.21. The van der Waals surface area contributed by atoms with E-state index in [4.69, 9.17) is 23.2 Å². The third-order valence-electron chi connectivity index (χ3n) is 4.11. The van der Waals surface area contributed by atoms with Crippen LogP contribution in [0.2, 0.25) is 10.0 Å². The van der Waals surface area contributed by atoms with E-state index in [1.165, 1.54) is 11.8 Å². The number of hydrogen-bond acceptors (Lipinski definition) is 5. The molecule has 2 aromatic carbocycles. The molecule has 1 heterocycles. The summed E-state index contributed by atoms with van der Waals surface area (Å²) in [7, 11) is 0. The van der Waals surface area contributed by atoms with E-state index in [9.17, 15) is 9.59 Å². The fraction of sp³-hybridized carbons (Fsp3) is 0.200. The highest BCUT2D eigenvalue weighted by Crippen LogP contribution is 2.23. The predicted molar refractivity (Wildman–Crippen MR) is 127 cm³/mol. The van der Waals surface area contributed by atoms with Crippen molar-refractivity contribution in [2.75, 3.05) is 11.1 Å². The molecule has 1 aromatic heterocycles.